The van der Waals surface area contributed by atoms with Crippen LogP contribution >= 0.6 is 7.37 Å². The van der Waals surface area contributed by atoms with Gasteiger partial charge >= 0.3 is 7.19 Å². The van der Waals surface area contributed by atoms with E-state index in [1.807, 2.05) is 57.5 Å². The van der Waals surface area contributed by atoms with Crippen LogP contribution in [0.4, 0.5) is 11.6 Å². The molecule has 3 aliphatic rings. The fourth-order valence-corrected chi connectivity index (χ4v) is 9.09. The molecule has 4 bridgehead atoms. The van der Waals surface area contributed by atoms with E-state index >= 15 is 0 Å². The first-order valence-corrected chi connectivity index (χ1v) is 17.8. The number of amidine groups is 2. The second-order valence-corrected chi connectivity index (χ2v) is 14.6. The molecular weight excluding hydrogens is 566 g/mol. The van der Waals surface area contributed by atoms with Crippen LogP contribution in [0.2, 0.25) is 0 Å². The maximum atomic E-state index is 14.9. The summed E-state index contributed by atoms with van der Waals surface area (Å²) in [7, 11) is -3.85. The van der Waals surface area contributed by atoms with Crippen LogP contribution in [-0.4, -0.2) is 40.1 Å². The molecule has 2 aromatic heterocycles. The summed E-state index contributed by atoms with van der Waals surface area (Å²) < 4.78 is 26.0. The molecule has 3 aromatic carbocycles. The minimum atomic E-state index is -3.07. The van der Waals surface area contributed by atoms with E-state index in [1.165, 1.54) is 0 Å². The summed E-state index contributed by atoms with van der Waals surface area (Å²) in [6.07, 6.45) is 7.02. The van der Waals surface area contributed by atoms with Crippen molar-refractivity contribution >= 4 is 59.4 Å². The highest BCUT2D eigenvalue weighted by molar-refractivity contribution is 7.60. The van der Waals surface area contributed by atoms with Gasteiger partial charge in [0.2, 0.25) is 0 Å². The third-order valence-corrected chi connectivity index (χ3v) is 11.5. The lowest BCUT2D eigenvalue weighted by Gasteiger charge is -2.27. The second-order valence-electron chi connectivity index (χ2n) is 11.9. The molecule has 0 aliphatic carbocycles. The molecule has 3 aliphatic heterocycles. The van der Waals surface area contributed by atoms with E-state index in [0.717, 1.165) is 82.5 Å². The molecule has 5 aromatic rings. The molecule has 0 saturated heterocycles. The van der Waals surface area contributed by atoms with E-state index in [2.05, 4.69) is 38.1 Å². The fourth-order valence-electron chi connectivity index (χ4n) is 6.71. The number of fused-ring (bicyclic) bond motifs is 10. The Labute approximate surface area is 256 Å². The molecule has 8 rings (SSSR count). The maximum Gasteiger partial charge on any atom is 0.568 e. The van der Waals surface area contributed by atoms with Gasteiger partial charge in [0.15, 0.2) is 19.0 Å². The summed E-state index contributed by atoms with van der Waals surface area (Å²) in [4.78, 5) is 20.7. The van der Waals surface area contributed by atoms with Crippen LogP contribution in [0.15, 0.2) is 92.8 Å². The predicted octanol–water partition coefficient (Wildman–Crippen LogP) is 7.39. The maximum absolute atomic E-state index is 14.9. The van der Waals surface area contributed by atoms with Gasteiger partial charge in [-0.1, -0.05) is 112 Å². The van der Waals surface area contributed by atoms with Crippen LogP contribution < -0.4 is 11.0 Å². The first-order valence-electron chi connectivity index (χ1n) is 15.8. The minimum absolute atomic E-state index is 0.554. The quantitative estimate of drug-likeness (QED) is 0.0951. The molecule has 10 heteroatoms. The lowest BCUT2D eigenvalue weighted by atomic mass is 10.00. The Morgan fingerprint density at radius 2 is 1.11 bits per heavy atom. The average Bonchev–Trinajstić information content (AvgIpc) is 3.67. The molecule has 0 amide bonds. The molecule has 8 nitrogen and oxygen atoms in total. The Balaban J connectivity index is 1.47. The van der Waals surface area contributed by atoms with Gasteiger partial charge < -0.3 is 13.4 Å². The molecule has 5 heterocycles. The number of benzene rings is 3. The highest BCUT2D eigenvalue weighted by Gasteiger charge is 2.42. The van der Waals surface area contributed by atoms with E-state index in [4.69, 9.17) is 24.4 Å². The van der Waals surface area contributed by atoms with E-state index in [-0.39, 0.29) is 0 Å². The minimum Gasteiger partial charge on any atom is -0.346 e. The third-order valence-electron chi connectivity index (χ3n) is 8.92. The van der Waals surface area contributed by atoms with Gasteiger partial charge in [0, 0.05) is 45.0 Å². The average molecular weight is 600 g/mol. The summed E-state index contributed by atoms with van der Waals surface area (Å²) in [6.45, 7) is 4.35. The normalized spacial score (nSPS) is 16.7. The Bertz CT molecular complexity index is 2180. The lowest BCUT2D eigenvalue weighted by Crippen LogP contribution is -2.50. The molecule has 0 radical (unpaired) electrons. The zero-order chi connectivity index (χ0) is 29.8. The van der Waals surface area contributed by atoms with Crippen LogP contribution in [0.1, 0.15) is 63.5 Å². The zero-order valence-corrected chi connectivity index (χ0v) is 26.0. The Kier molecular flexibility index (Phi) is 6.76. The molecule has 44 heavy (non-hydrogen) atoms. The van der Waals surface area contributed by atoms with Gasteiger partial charge in [-0.25, -0.2) is 20.0 Å². The highest BCUT2D eigenvalue weighted by Crippen LogP contribution is 2.51. The molecular formula is C34H34BN6O2P. The van der Waals surface area contributed by atoms with Gasteiger partial charge in [0.1, 0.15) is 22.6 Å². The van der Waals surface area contributed by atoms with Gasteiger partial charge in [0.05, 0.1) is 0 Å². The van der Waals surface area contributed by atoms with Crippen LogP contribution in [0.5, 0.6) is 0 Å². The number of rotatable bonds is 10. The monoisotopic (exact) mass is 600 g/mol. The summed E-state index contributed by atoms with van der Waals surface area (Å²) in [5.41, 5.74) is 3.32. The standard InChI is InChI=1S/C34H34BN6O2P/c1-3-5-13-21-44(42,22-14-6-4-2)43-35-40-31-25-17-9-11-19-27(25)33(40)39-34-28-20-12-10-18-26(28)32(41(34)35)38-30-24-16-8-7-15-23(24)29(36-30)37-31/h7-12,15-20H,3-6,13-14,21-22H2,1-2H3/b37-29-,37-31?,38-30?,38-32-. The first kappa shape index (κ1) is 27.5. The van der Waals surface area contributed by atoms with Gasteiger partial charge in [-0.05, 0) is 12.8 Å². The van der Waals surface area contributed by atoms with Crippen LogP contribution in [0.3, 0.4) is 0 Å². The molecule has 220 valence electrons. The Morgan fingerprint density at radius 3 is 1.70 bits per heavy atom. The molecule has 0 spiro atoms. The third kappa shape index (κ3) is 4.28. The topological polar surface area (TPSA) is 85.6 Å². The van der Waals surface area contributed by atoms with E-state index in [0.29, 0.717) is 35.3 Å². The van der Waals surface area contributed by atoms with Gasteiger partial charge in [-0.3, -0.25) is 4.57 Å². The van der Waals surface area contributed by atoms with Crippen LogP contribution in [0, 0.1) is 0 Å². The first-order chi connectivity index (χ1) is 21.6. The molecule has 0 unspecified atom stereocenters. The second kappa shape index (κ2) is 10.8. The number of aromatic nitrogens is 2. The summed E-state index contributed by atoms with van der Waals surface area (Å²) in [5, 5.41) is 3.85. The summed E-state index contributed by atoms with van der Waals surface area (Å²) in [5.74, 6) is 2.66. The molecule has 0 atom stereocenters. The number of nitrogens with zero attached hydrogens (tertiary/aromatic N) is 6. The summed E-state index contributed by atoms with van der Waals surface area (Å²) >= 11 is 0. The van der Waals surface area contributed by atoms with E-state index in [9.17, 15) is 4.57 Å². The molecule has 0 saturated carbocycles. The Hall–Kier alpha value is -4.07. The van der Waals surface area contributed by atoms with Crippen molar-refractivity contribution in [1.29, 1.82) is 0 Å². The van der Waals surface area contributed by atoms with Gasteiger partial charge in [-0.15, -0.1) is 0 Å². The number of unbranched alkanes of at least 4 members (excludes halogenated alkanes) is 4. The van der Waals surface area contributed by atoms with E-state index in [1.54, 1.807) is 0 Å². The van der Waals surface area contributed by atoms with Gasteiger partial charge in [-0.2, -0.15) is 0 Å². The van der Waals surface area contributed by atoms with Gasteiger partial charge in [0.25, 0.3) is 0 Å². The zero-order valence-electron chi connectivity index (χ0n) is 25.1. The van der Waals surface area contributed by atoms with Crippen LogP contribution in [-0.2, 0) is 9.01 Å². The predicted molar refractivity (Wildman–Crippen MR) is 179 cm³/mol. The van der Waals surface area contributed by atoms with Crippen molar-refractivity contribution in [2.75, 3.05) is 12.3 Å². The SMILES string of the molecule is CCCCCP(=O)(CCCCC)OB1n2c3c4ccccc4c2/N=C2N=C(/N=c4/c5ccccc5c(n41)=N3)c1ccccc1\2. The van der Waals surface area contributed by atoms with Crippen molar-refractivity contribution in [3.63, 3.8) is 0 Å². The van der Waals surface area contributed by atoms with E-state index < -0.39 is 14.6 Å². The number of hydrogen-bond donors (Lipinski definition) is 0. The fraction of sp³-hybridized carbons (Fsp3) is 0.294. The van der Waals surface area contributed by atoms with Crippen molar-refractivity contribution in [3.05, 3.63) is 94.9 Å². The van der Waals surface area contributed by atoms with Crippen molar-refractivity contribution in [1.82, 2.24) is 8.96 Å². The summed E-state index contributed by atoms with van der Waals surface area (Å²) in [6, 6.07) is 24.5. The van der Waals surface area contributed by atoms with Crippen molar-refractivity contribution in [3.8, 4) is 0 Å². The number of hydrogen-bond acceptors (Lipinski definition) is 6. The highest BCUT2D eigenvalue weighted by atomic mass is 31.2. The van der Waals surface area contributed by atoms with Crippen molar-refractivity contribution in [2.45, 2.75) is 52.4 Å². The van der Waals surface area contributed by atoms with Crippen molar-refractivity contribution in [2.24, 2.45) is 20.0 Å². The molecule has 0 N–H and O–H groups in total. The largest absolute Gasteiger partial charge is 0.568 e. The van der Waals surface area contributed by atoms with Crippen LogP contribution in [0.25, 0.3) is 21.5 Å². The van der Waals surface area contributed by atoms with Crippen molar-refractivity contribution < 1.29 is 9.01 Å². The molecule has 0 fully saturated rings. The smallest absolute Gasteiger partial charge is 0.346 e. The Morgan fingerprint density at radius 1 is 0.614 bits per heavy atom. The lowest BCUT2D eigenvalue weighted by molar-refractivity contribution is 0.465. The number of aliphatic imine (C=N–C) groups is 2.